The summed E-state index contributed by atoms with van der Waals surface area (Å²) < 4.78 is 19.8. The van der Waals surface area contributed by atoms with Crippen molar-refractivity contribution >= 4 is 11.1 Å². The highest BCUT2D eigenvalue weighted by atomic mass is 19.1. The van der Waals surface area contributed by atoms with Crippen LogP contribution in [0.15, 0.2) is 10.5 Å². The number of rotatable bonds is 4. The van der Waals surface area contributed by atoms with E-state index in [4.69, 9.17) is 4.42 Å². The van der Waals surface area contributed by atoms with Gasteiger partial charge in [0.05, 0.1) is 6.10 Å². The Hall–Kier alpha value is -1.46. The minimum absolute atomic E-state index is 0.0988. The van der Waals surface area contributed by atoms with Gasteiger partial charge in [0, 0.05) is 18.5 Å². The van der Waals surface area contributed by atoms with Crippen LogP contribution in [0.5, 0.6) is 0 Å². The Balaban J connectivity index is 1.88. The van der Waals surface area contributed by atoms with Crippen molar-refractivity contribution in [1.29, 1.82) is 0 Å². The highest BCUT2D eigenvalue weighted by Gasteiger charge is 2.25. The quantitative estimate of drug-likeness (QED) is 0.909. The molecule has 1 aliphatic rings. The first-order valence-electron chi connectivity index (χ1n) is 7.97. The number of nitrogens with one attached hydrogen (secondary N) is 1. The Bertz CT molecular complexity index is 681. The molecule has 2 N–H and O–H groups in total. The fraction of sp³-hybridized carbons (Fsp3) is 0.588. The highest BCUT2D eigenvalue weighted by Crippen LogP contribution is 2.28. The topological polar surface area (TPSA) is 58.3 Å². The van der Waals surface area contributed by atoms with Gasteiger partial charge in [0.2, 0.25) is 0 Å². The van der Waals surface area contributed by atoms with E-state index in [1.54, 1.807) is 0 Å². The molecule has 2 aromatic rings. The zero-order valence-electron chi connectivity index (χ0n) is 13.3. The van der Waals surface area contributed by atoms with Crippen molar-refractivity contribution in [2.45, 2.75) is 64.6 Å². The van der Waals surface area contributed by atoms with Gasteiger partial charge in [-0.1, -0.05) is 13.8 Å². The number of aromatic nitrogens is 1. The SMILES string of the molecule is Cc1c(CN[C@@H]2CCC[C@H]2O)cc(F)c2oc(C(C)C)nc12. The van der Waals surface area contributed by atoms with Gasteiger partial charge in [0.25, 0.3) is 0 Å². The van der Waals surface area contributed by atoms with E-state index in [2.05, 4.69) is 10.3 Å². The predicted molar refractivity (Wildman–Crippen MR) is 83.3 cm³/mol. The first-order chi connectivity index (χ1) is 10.5. The van der Waals surface area contributed by atoms with Crippen LogP contribution in [0.3, 0.4) is 0 Å². The average molecular weight is 306 g/mol. The summed E-state index contributed by atoms with van der Waals surface area (Å²) in [5, 5.41) is 13.2. The van der Waals surface area contributed by atoms with Crippen molar-refractivity contribution in [3.63, 3.8) is 0 Å². The summed E-state index contributed by atoms with van der Waals surface area (Å²) in [5.41, 5.74) is 2.65. The molecular weight excluding hydrogens is 283 g/mol. The minimum atomic E-state index is -0.372. The molecule has 1 aromatic heterocycles. The zero-order chi connectivity index (χ0) is 15.9. The fourth-order valence-corrected chi connectivity index (χ4v) is 3.08. The van der Waals surface area contributed by atoms with Gasteiger partial charge in [0.1, 0.15) is 5.52 Å². The molecule has 1 heterocycles. The Morgan fingerprint density at radius 3 is 2.86 bits per heavy atom. The second-order valence-corrected chi connectivity index (χ2v) is 6.51. The molecular formula is C17H23FN2O2. The van der Waals surface area contributed by atoms with Gasteiger partial charge in [-0.05, 0) is 43.4 Å². The van der Waals surface area contributed by atoms with Crippen molar-refractivity contribution in [3.05, 3.63) is 28.9 Å². The number of aliphatic hydroxyl groups excluding tert-OH is 1. The summed E-state index contributed by atoms with van der Waals surface area (Å²) >= 11 is 0. The van der Waals surface area contributed by atoms with Crippen LogP contribution in [0, 0.1) is 12.7 Å². The maximum atomic E-state index is 14.3. The second-order valence-electron chi connectivity index (χ2n) is 6.51. The van der Waals surface area contributed by atoms with Crippen molar-refractivity contribution in [1.82, 2.24) is 10.3 Å². The summed E-state index contributed by atoms with van der Waals surface area (Å²) in [4.78, 5) is 4.44. The van der Waals surface area contributed by atoms with E-state index in [1.165, 1.54) is 6.07 Å². The zero-order valence-corrected chi connectivity index (χ0v) is 13.3. The van der Waals surface area contributed by atoms with Gasteiger partial charge < -0.3 is 14.8 Å². The lowest BCUT2D eigenvalue weighted by Gasteiger charge is -2.17. The number of benzene rings is 1. The number of aryl methyl sites for hydroxylation is 1. The van der Waals surface area contributed by atoms with Crippen LogP contribution in [0.1, 0.15) is 56.0 Å². The maximum Gasteiger partial charge on any atom is 0.198 e. The standard InChI is InChI=1S/C17H23FN2O2/c1-9(2)17-20-15-10(3)11(7-12(18)16(15)22-17)8-19-13-5-4-6-14(13)21/h7,9,13-14,19,21H,4-6,8H2,1-3H3/t13-,14-/m1/s1. The molecule has 22 heavy (non-hydrogen) atoms. The van der Waals surface area contributed by atoms with Crippen LogP contribution >= 0.6 is 0 Å². The normalized spacial score (nSPS) is 22.1. The fourth-order valence-electron chi connectivity index (χ4n) is 3.08. The molecule has 3 rings (SSSR count). The number of hydrogen-bond acceptors (Lipinski definition) is 4. The summed E-state index contributed by atoms with van der Waals surface area (Å²) in [7, 11) is 0. The molecule has 0 radical (unpaired) electrons. The number of aliphatic hydroxyl groups is 1. The monoisotopic (exact) mass is 306 g/mol. The first-order valence-corrected chi connectivity index (χ1v) is 7.97. The summed E-state index contributed by atoms with van der Waals surface area (Å²) in [6.45, 7) is 6.42. The van der Waals surface area contributed by atoms with E-state index in [1.807, 2.05) is 20.8 Å². The van der Waals surface area contributed by atoms with E-state index in [0.717, 1.165) is 30.4 Å². The average Bonchev–Trinajstić information content (AvgIpc) is 3.08. The highest BCUT2D eigenvalue weighted by molar-refractivity contribution is 5.78. The van der Waals surface area contributed by atoms with E-state index in [9.17, 15) is 9.50 Å². The molecule has 0 amide bonds. The molecule has 0 spiro atoms. The third kappa shape index (κ3) is 2.75. The van der Waals surface area contributed by atoms with Crippen molar-refractivity contribution in [2.24, 2.45) is 0 Å². The molecule has 4 nitrogen and oxygen atoms in total. The Kier molecular flexibility index (Phi) is 4.19. The second kappa shape index (κ2) is 5.97. The van der Waals surface area contributed by atoms with Gasteiger partial charge in [-0.2, -0.15) is 0 Å². The summed E-state index contributed by atoms with van der Waals surface area (Å²) in [6.07, 6.45) is 2.54. The molecule has 1 fully saturated rings. The molecule has 120 valence electrons. The molecule has 1 saturated carbocycles. The molecule has 5 heteroatoms. The van der Waals surface area contributed by atoms with Gasteiger partial charge in [-0.25, -0.2) is 9.37 Å². The number of oxazole rings is 1. The number of hydrogen-bond donors (Lipinski definition) is 2. The van der Waals surface area contributed by atoms with Crippen LogP contribution in [-0.4, -0.2) is 22.2 Å². The van der Waals surface area contributed by atoms with Gasteiger partial charge >= 0.3 is 0 Å². The van der Waals surface area contributed by atoms with Crippen LogP contribution in [0.2, 0.25) is 0 Å². The van der Waals surface area contributed by atoms with Crippen molar-refractivity contribution < 1.29 is 13.9 Å². The lowest BCUT2D eigenvalue weighted by molar-refractivity contribution is 0.148. The van der Waals surface area contributed by atoms with Gasteiger partial charge in [-0.15, -0.1) is 0 Å². The lowest BCUT2D eigenvalue weighted by Crippen LogP contribution is -2.35. The van der Waals surface area contributed by atoms with Crippen molar-refractivity contribution in [3.8, 4) is 0 Å². The van der Waals surface area contributed by atoms with E-state index in [-0.39, 0.29) is 29.5 Å². The van der Waals surface area contributed by atoms with Crippen LogP contribution < -0.4 is 5.32 Å². The van der Waals surface area contributed by atoms with Crippen LogP contribution in [0.25, 0.3) is 11.1 Å². The molecule has 0 aliphatic heterocycles. The molecule has 0 saturated heterocycles. The number of halogens is 1. The smallest absolute Gasteiger partial charge is 0.198 e. The third-order valence-electron chi connectivity index (χ3n) is 4.53. The summed E-state index contributed by atoms with van der Waals surface area (Å²) in [6, 6.07) is 1.61. The minimum Gasteiger partial charge on any atom is -0.437 e. The van der Waals surface area contributed by atoms with Gasteiger partial charge in [-0.3, -0.25) is 0 Å². The molecule has 1 aromatic carbocycles. The molecule has 1 aliphatic carbocycles. The van der Waals surface area contributed by atoms with Crippen molar-refractivity contribution in [2.75, 3.05) is 0 Å². The Morgan fingerprint density at radius 2 is 2.23 bits per heavy atom. The largest absolute Gasteiger partial charge is 0.437 e. The van der Waals surface area contributed by atoms with E-state index in [0.29, 0.717) is 18.0 Å². The lowest BCUT2D eigenvalue weighted by atomic mass is 10.1. The third-order valence-corrected chi connectivity index (χ3v) is 4.53. The Morgan fingerprint density at radius 1 is 1.45 bits per heavy atom. The number of nitrogens with zero attached hydrogens (tertiary/aromatic N) is 1. The molecule has 0 bridgehead atoms. The summed E-state index contributed by atoms with van der Waals surface area (Å²) in [5.74, 6) is 0.318. The van der Waals surface area contributed by atoms with Gasteiger partial charge in [0.15, 0.2) is 17.3 Å². The maximum absolute atomic E-state index is 14.3. The van der Waals surface area contributed by atoms with E-state index >= 15 is 0 Å². The molecule has 2 atom stereocenters. The van der Waals surface area contributed by atoms with Crippen LogP contribution in [-0.2, 0) is 6.54 Å². The molecule has 0 unspecified atom stereocenters. The van der Waals surface area contributed by atoms with Crippen LogP contribution in [0.4, 0.5) is 4.39 Å². The predicted octanol–water partition coefficient (Wildman–Crippen LogP) is 3.40. The first kappa shape index (κ1) is 15.4. The Labute approximate surface area is 129 Å². The number of fused-ring (bicyclic) bond motifs is 1. The van der Waals surface area contributed by atoms with E-state index < -0.39 is 0 Å².